The summed E-state index contributed by atoms with van der Waals surface area (Å²) < 4.78 is 0. The largest absolute Gasteiger partial charge is 0.350 e. The molecule has 4 heteroatoms. The molecule has 0 aliphatic carbocycles. The van der Waals surface area contributed by atoms with Gasteiger partial charge in [-0.1, -0.05) is 0 Å². The predicted octanol–water partition coefficient (Wildman–Crippen LogP) is 1.22. The molecule has 0 spiro atoms. The zero-order valence-corrected chi connectivity index (χ0v) is 7.51. The van der Waals surface area contributed by atoms with Gasteiger partial charge in [-0.05, 0) is 6.92 Å². The predicted molar refractivity (Wildman–Crippen MR) is 46.3 cm³/mol. The van der Waals surface area contributed by atoms with E-state index in [1.165, 1.54) is 11.8 Å². The summed E-state index contributed by atoms with van der Waals surface area (Å²) >= 11 is 1.27. The first-order chi connectivity index (χ1) is 5.29. The Hall–Kier alpha value is -0.820. The second-order valence-corrected chi connectivity index (χ2v) is 3.17. The molecular weight excluding hydrogens is 158 g/mol. The fourth-order valence-corrected chi connectivity index (χ4v) is 1.72. The van der Waals surface area contributed by atoms with Gasteiger partial charge in [0.25, 0.3) is 0 Å². The zero-order chi connectivity index (χ0) is 8.27. The monoisotopic (exact) mass is 169 g/mol. The number of hydrogen-bond acceptors (Lipinski definition) is 4. The van der Waals surface area contributed by atoms with E-state index < -0.39 is 0 Å². The van der Waals surface area contributed by atoms with Crippen molar-refractivity contribution < 1.29 is 0 Å². The van der Waals surface area contributed by atoms with E-state index in [-0.39, 0.29) is 5.50 Å². The molecule has 0 bridgehead atoms. The van der Waals surface area contributed by atoms with Crippen molar-refractivity contribution in [1.82, 2.24) is 9.80 Å². The van der Waals surface area contributed by atoms with Gasteiger partial charge >= 0.3 is 0 Å². The van der Waals surface area contributed by atoms with Crippen LogP contribution in [0.2, 0.25) is 0 Å². The Labute approximate surface area is 71.3 Å². The van der Waals surface area contributed by atoms with Crippen molar-refractivity contribution in [2.75, 3.05) is 13.6 Å². The summed E-state index contributed by atoms with van der Waals surface area (Å²) in [6, 6.07) is 0. The third-order valence-corrected chi connectivity index (χ3v) is 2.57. The van der Waals surface area contributed by atoms with Crippen LogP contribution in [0.1, 0.15) is 6.92 Å². The molecule has 60 valence electrons. The second kappa shape index (κ2) is 3.54. The highest BCUT2D eigenvalue weighted by Crippen LogP contribution is 2.22. The molecule has 1 rings (SSSR count). The fraction of sp³-hybridized carbons (Fsp3) is 0.571. The van der Waals surface area contributed by atoms with Crippen LogP contribution in [0.5, 0.6) is 0 Å². The molecule has 1 unspecified atom stereocenters. The van der Waals surface area contributed by atoms with Gasteiger partial charge in [-0.25, -0.2) is 0 Å². The Balaban J connectivity index is 2.56. The maximum atomic E-state index is 8.49. The highest BCUT2D eigenvalue weighted by molar-refractivity contribution is 8.04. The molecule has 0 fully saturated rings. The van der Waals surface area contributed by atoms with E-state index in [1.54, 1.807) is 0 Å². The molecule has 11 heavy (non-hydrogen) atoms. The number of thioether (sulfide) groups is 1. The fourth-order valence-electron chi connectivity index (χ4n) is 1.03. The second-order valence-electron chi connectivity index (χ2n) is 2.33. The minimum atomic E-state index is 0.171. The lowest BCUT2D eigenvalue weighted by atomic mass is 10.6. The standard InChI is InChI=1S/C7H11N3S/c1-3-10-5-4-9(2)7(10)11-6-8/h4-5,7H,3H2,1-2H3. The van der Waals surface area contributed by atoms with E-state index in [2.05, 4.69) is 17.2 Å². The average molecular weight is 169 g/mol. The highest BCUT2D eigenvalue weighted by Gasteiger charge is 2.22. The maximum Gasteiger partial charge on any atom is 0.163 e. The lowest BCUT2D eigenvalue weighted by molar-refractivity contribution is 0.273. The van der Waals surface area contributed by atoms with E-state index in [0.717, 1.165) is 6.54 Å². The number of rotatable bonds is 2. The van der Waals surface area contributed by atoms with Crippen LogP contribution in [0.15, 0.2) is 12.4 Å². The van der Waals surface area contributed by atoms with Gasteiger partial charge in [0.15, 0.2) is 5.50 Å². The Kier molecular flexibility index (Phi) is 2.66. The van der Waals surface area contributed by atoms with Crippen LogP contribution >= 0.6 is 11.8 Å². The van der Waals surface area contributed by atoms with Crippen LogP contribution in [-0.2, 0) is 0 Å². The third kappa shape index (κ3) is 1.60. The van der Waals surface area contributed by atoms with E-state index in [1.807, 2.05) is 24.3 Å². The van der Waals surface area contributed by atoms with Gasteiger partial charge in [0, 0.05) is 37.8 Å². The summed E-state index contributed by atoms with van der Waals surface area (Å²) in [6.07, 6.45) is 3.99. The first kappa shape index (κ1) is 8.28. The molecule has 0 amide bonds. The lowest BCUT2D eigenvalue weighted by Crippen LogP contribution is -2.32. The normalized spacial score (nSPS) is 22.5. The van der Waals surface area contributed by atoms with Crippen molar-refractivity contribution in [3.05, 3.63) is 12.4 Å². The minimum Gasteiger partial charge on any atom is -0.350 e. The van der Waals surface area contributed by atoms with Gasteiger partial charge in [0.2, 0.25) is 0 Å². The van der Waals surface area contributed by atoms with Gasteiger partial charge < -0.3 is 9.80 Å². The first-order valence-corrected chi connectivity index (χ1v) is 4.38. The molecule has 0 aromatic carbocycles. The number of thiocyanates is 1. The molecular formula is C7H11N3S. The van der Waals surface area contributed by atoms with Gasteiger partial charge in [-0.2, -0.15) is 5.26 Å². The van der Waals surface area contributed by atoms with Crippen molar-refractivity contribution in [3.63, 3.8) is 0 Å². The minimum absolute atomic E-state index is 0.171. The molecule has 1 aliphatic heterocycles. The van der Waals surface area contributed by atoms with E-state index >= 15 is 0 Å². The third-order valence-electron chi connectivity index (χ3n) is 1.65. The smallest absolute Gasteiger partial charge is 0.163 e. The summed E-state index contributed by atoms with van der Waals surface area (Å²) in [6.45, 7) is 3.02. The van der Waals surface area contributed by atoms with Crippen molar-refractivity contribution in [1.29, 1.82) is 5.26 Å². The summed E-state index contributed by atoms with van der Waals surface area (Å²) in [5.41, 5.74) is 0.171. The molecule has 0 aromatic heterocycles. The van der Waals surface area contributed by atoms with Crippen LogP contribution < -0.4 is 0 Å². The molecule has 1 heterocycles. The molecule has 3 nitrogen and oxygen atoms in total. The molecule has 0 saturated carbocycles. The number of nitrogens with zero attached hydrogens (tertiary/aromatic N) is 3. The van der Waals surface area contributed by atoms with E-state index in [0.29, 0.717) is 0 Å². The Morgan fingerprint density at radius 3 is 2.91 bits per heavy atom. The van der Waals surface area contributed by atoms with Gasteiger partial charge in [0.05, 0.1) is 0 Å². The lowest BCUT2D eigenvalue weighted by Gasteiger charge is -2.25. The maximum absolute atomic E-state index is 8.49. The number of hydrogen-bond donors (Lipinski definition) is 0. The SMILES string of the molecule is CCN1C=CN(C)C1SC#N. The Morgan fingerprint density at radius 1 is 1.64 bits per heavy atom. The van der Waals surface area contributed by atoms with Crippen molar-refractivity contribution >= 4 is 11.8 Å². The zero-order valence-electron chi connectivity index (χ0n) is 6.69. The van der Waals surface area contributed by atoms with Gasteiger partial charge in [-0.15, -0.1) is 0 Å². The van der Waals surface area contributed by atoms with E-state index in [4.69, 9.17) is 5.26 Å². The summed E-state index contributed by atoms with van der Waals surface area (Å²) in [4.78, 5) is 4.14. The highest BCUT2D eigenvalue weighted by atomic mass is 32.2. The number of nitriles is 1. The van der Waals surface area contributed by atoms with Crippen LogP contribution in [0, 0.1) is 10.7 Å². The first-order valence-electron chi connectivity index (χ1n) is 3.50. The summed E-state index contributed by atoms with van der Waals surface area (Å²) in [5.74, 6) is 0. The molecule has 1 atom stereocenters. The molecule has 0 saturated heterocycles. The van der Waals surface area contributed by atoms with Crippen molar-refractivity contribution in [3.8, 4) is 5.40 Å². The quantitative estimate of drug-likeness (QED) is 0.581. The van der Waals surface area contributed by atoms with E-state index in [9.17, 15) is 0 Å². The summed E-state index contributed by atoms with van der Waals surface area (Å²) in [7, 11) is 1.97. The van der Waals surface area contributed by atoms with Crippen molar-refractivity contribution in [2.45, 2.75) is 12.4 Å². The van der Waals surface area contributed by atoms with Crippen molar-refractivity contribution in [2.24, 2.45) is 0 Å². The molecule has 0 aromatic rings. The van der Waals surface area contributed by atoms with Gasteiger partial charge in [-0.3, -0.25) is 0 Å². The van der Waals surface area contributed by atoms with Crippen LogP contribution in [-0.4, -0.2) is 28.9 Å². The Bertz CT molecular complexity index is 196. The molecule has 1 aliphatic rings. The topological polar surface area (TPSA) is 30.3 Å². The van der Waals surface area contributed by atoms with Crippen LogP contribution in [0.4, 0.5) is 0 Å². The average Bonchev–Trinajstić information content (AvgIpc) is 2.34. The Morgan fingerprint density at radius 2 is 2.36 bits per heavy atom. The van der Waals surface area contributed by atoms with Gasteiger partial charge in [0.1, 0.15) is 5.40 Å². The molecule has 0 N–H and O–H groups in total. The van der Waals surface area contributed by atoms with Crippen LogP contribution in [0.3, 0.4) is 0 Å². The van der Waals surface area contributed by atoms with Crippen LogP contribution in [0.25, 0.3) is 0 Å². The summed E-state index contributed by atoms with van der Waals surface area (Å²) in [5, 5.41) is 10.6. The molecule has 0 radical (unpaired) electrons.